The Morgan fingerprint density at radius 2 is 0.407 bits per heavy atom. The molecule has 0 aromatic rings. The maximum Gasteiger partial charge on any atom is 0.242 e. The number of hydrogen-bond donors (Lipinski definition) is 8. The zero-order chi connectivity index (χ0) is 105. The number of amides is 8. The molecule has 8 amide bonds. The highest BCUT2D eigenvalue weighted by atomic mass is 16.6. The maximum atomic E-state index is 13.5. The molecule has 8 N–H and O–H groups in total. The Balaban J connectivity index is 0.881. The average molecular weight is 2050 g/mol. The van der Waals surface area contributed by atoms with Crippen LogP contribution in [0.4, 0.5) is 0 Å². The van der Waals surface area contributed by atoms with E-state index >= 15 is 0 Å². The molecular weight excluding hydrogens is 1830 g/mol. The molecule has 1 unspecified atom stereocenters. The molecule has 0 aromatic heterocycles. The van der Waals surface area contributed by atoms with Crippen molar-refractivity contribution >= 4 is 47.3 Å². The van der Waals surface area contributed by atoms with E-state index < -0.39 is 12.1 Å². The third kappa shape index (κ3) is 68.0. The number of ether oxygens (including phenoxy) is 11. The van der Waals surface area contributed by atoms with Crippen LogP contribution < -0.4 is 42.5 Å². The summed E-state index contributed by atoms with van der Waals surface area (Å²) in [6.07, 6.45) is 55.9. The van der Waals surface area contributed by atoms with Crippen molar-refractivity contribution in [3.8, 4) is 0 Å². The van der Waals surface area contributed by atoms with Gasteiger partial charge in [0.1, 0.15) is 12.1 Å². The lowest BCUT2D eigenvalue weighted by Crippen LogP contribution is -2.47. The molecule has 27 nitrogen and oxygen atoms in total. The van der Waals surface area contributed by atoms with Gasteiger partial charge in [-0.2, -0.15) is 0 Å². The van der Waals surface area contributed by atoms with Crippen LogP contribution in [0.5, 0.6) is 0 Å². The number of rotatable bonds is 96. The van der Waals surface area contributed by atoms with Crippen LogP contribution in [0, 0.1) is 21.7 Å². The number of unbranched alkanes of at least 4 members (excludes halogenated alkanes) is 22. The van der Waals surface area contributed by atoms with Crippen molar-refractivity contribution in [2.75, 3.05) is 185 Å². The van der Waals surface area contributed by atoms with E-state index in [1.54, 1.807) is 44.6 Å². The van der Waals surface area contributed by atoms with E-state index in [9.17, 15) is 38.4 Å². The molecule has 4 aliphatic carbocycles. The molecular formula is C118H214N8O19. The van der Waals surface area contributed by atoms with E-state index in [1.807, 2.05) is 0 Å². The molecule has 840 valence electrons. The van der Waals surface area contributed by atoms with Gasteiger partial charge in [-0.3, -0.25) is 38.4 Å². The van der Waals surface area contributed by atoms with Crippen molar-refractivity contribution in [3.05, 3.63) is 44.6 Å². The standard InChI is InChI=1S/C118H214N8O19/c1-97-49-41-65-115(5,6)101(97)53-29-21-13-17-25-33-59-107(127)119-69-39-37-57-105(125-111(131)61-35-27-19-15-23-31-55-103-99(3)51-43-67-117(103,9)10)113(133)123-73-47-77-137-83-89-141-87-81-135-75-45-71-121-109(129)63-79-139-85-91-143-93-95-145-96-94-144-92-86-140-80-64-110(130)122-72-46-76-136-82-88-142-90-84-138-78-48-74-124-114(134)106(126-112(132)62-36-28-20-16-24-32-56-104-100(4)52-44-68-118(104,11)12)58-38-40-70-120-108(128)60-34-26-18-14-22-30-54-102-98(2)50-42-66-116(102,7)8/h105-106H,13-96H2,1-12H3,(H,119,127)(H,120,128)(H,121,129)(H,122,130)(H,123,133)(H,124,134)(H,125,131)(H,126,132)/t105-,106?/m0/s1. The second kappa shape index (κ2) is 84.8. The Labute approximate surface area is 881 Å². The van der Waals surface area contributed by atoms with E-state index in [-0.39, 0.29) is 60.1 Å². The molecule has 0 saturated carbocycles. The van der Waals surface area contributed by atoms with Gasteiger partial charge in [0.2, 0.25) is 47.3 Å². The van der Waals surface area contributed by atoms with Gasteiger partial charge in [-0.15, -0.1) is 0 Å². The summed E-state index contributed by atoms with van der Waals surface area (Å²) in [5, 5.41) is 24.1. The molecule has 145 heavy (non-hydrogen) atoms. The van der Waals surface area contributed by atoms with Gasteiger partial charge in [-0.05, 0) is 268 Å². The molecule has 0 spiro atoms. The highest BCUT2D eigenvalue weighted by Crippen LogP contribution is 2.46. The van der Waals surface area contributed by atoms with Gasteiger partial charge in [-0.1, -0.05) is 203 Å². The van der Waals surface area contributed by atoms with Gasteiger partial charge in [0, 0.05) is 104 Å². The topological polar surface area (TPSA) is 334 Å². The first kappa shape index (κ1) is 132. The van der Waals surface area contributed by atoms with Gasteiger partial charge in [0.15, 0.2) is 0 Å². The molecule has 27 heteroatoms. The Morgan fingerprint density at radius 3 is 0.648 bits per heavy atom. The Bertz CT molecular complexity index is 3340. The van der Waals surface area contributed by atoms with Crippen molar-refractivity contribution in [1.82, 2.24) is 42.5 Å². The van der Waals surface area contributed by atoms with Gasteiger partial charge >= 0.3 is 0 Å². The van der Waals surface area contributed by atoms with Crippen molar-refractivity contribution in [2.24, 2.45) is 21.7 Å². The average Bonchev–Trinajstić information content (AvgIpc) is 0.835. The van der Waals surface area contributed by atoms with Gasteiger partial charge in [-0.25, -0.2) is 0 Å². The van der Waals surface area contributed by atoms with E-state index in [0.717, 1.165) is 77.0 Å². The Hall–Kier alpha value is -5.72. The predicted octanol–water partition coefficient (Wildman–Crippen LogP) is 22.1. The number of allylic oxidation sites excluding steroid dienone is 8. The number of carbonyl (C=O) groups is 8. The van der Waals surface area contributed by atoms with Crippen molar-refractivity contribution in [2.45, 2.75) is 455 Å². The molecule has 0 aromatic carbocycles. The number of carbonyl (C=O) groups excluding carboxylic acids is 8. The summed E-state index contributed by atoms with van der Waals surface area (Å²) in [5.41, 5.74) is 14.5. The molecule has 0 bridgehead atoms. The van der Waals surface area contributed by atoms with Crippen LogP contribution in [-0.4, -0.2) is 244 Å². The van der Waals surface area contributed by atoms with E-state index in [2.05, 4.69) is 126 Å². The number of nitrogens with one attached hydrogen (secondary N) is 8. The van der Waals surface area contributed by atoms with Gasteiger partial charge < -0.3 is 94.6 Å². The summed E-state index contributed by atoms with van der Waals surface area (Å²) < 4.78 is 62.1. The molecule has 0 heterocycles. The van der Waals surface area contributed by atoms with E-state index in [0.29, 0.717) is 283 Å². The molecule has 4 rings (SSSR count). The molecule has 0 aliphatic heterocycles. The van der Waals surface area contributed by atoms with Crippen molar-refractivity contribution < 1.29 is 90.5 Å². The van der Waals surface area contributed by atoms with E-state index in [4.69, 9.17) is 52.1 Å². The Kier molecular flexibility index (Phi) is 77.0. The largest absolute Gasteiger partial charge is 0.379 e. The summed E-state index contributed by atoms with van der Waals surface area (Å²) in [7, 11) is 0. The fourth-order valence-electron chi connectivity index (χ4n) is 21.1. The lowest BCUT2D eigenvalue weighted by atomic mass is 9.71. The van der Waals surface area contributed by atoms with E-state index in [1.165, 1.54) is 193 Å². The van der Waals surface area contributed by atoms with Crippen LogP contribution in [0.1, 0.15) is 443 Å². The maximum absolute atomic E-state index is 13.5. The van der Waals surface area contributed by atoms with Gasteiger partial charge in [0.25, 0.3) is 0 Å². The first-order valence-electron chi connectivity index (χ1n) is 58.4. The van der Waals surface area contributed by atoms with Crippen LogP contribution in [0.25, 0.3) is 0 Å². The third-order valence-electron chi connectivity index (χ3n) is 29.9. The van der Waals surface area contributed by atoms with Crippen molar-refractivity contribution in [3.63, 3.8) is 0 Å². The normalized spacial score (nSPS) is 16.0. The van der Waals surface area contributed by atoms with Crippen LogP contribution in [-0.2, 0) is 90.5 Å². The first-order valence-corrected chi connectivity index (χ1v) is 58.4. The zero-order valence-electron chi connectivity index (χ0n) is 94.3. The van der Waals surface area contributed by atoms with Gasteiger partial charge in [0.05, 0.1) is 119 Å². The van der Waals surface area contributed by atoms with Crippen LogP contribution in [0.2, 0.25) is 0 Å². The SMILES string of the molecule is CC1=C(CCCCCCCCC(=O)NCCCCC(NC(=O)CCCCCCCCC2=C(C)CCCC2(C)C)C(=O)NCCCOCCOCCOCCCNC(=O)CCOCCOCCOCCOCCOCCC(=O)NCCCOCCOCCOCCCNC(=O)[C@H](CCCCNC(=O)CCCCCCCCC2=C(C)CCCC2(C)C)NC(=O)CCCCCCCCC2=C(C)CCCC2(C)C)C(C)(C)CCC1. The molecule has 2 atom stereocenters. The van der Waals surface area contributed by atoms with Crippen molar-refractivity contribution in [1.29, 1.82) is 0 Å². The quantitative estimate of drug-likeness (QED) is 0.0207. The monoisotopic (exact) mass is 2050 g/mol. The summed E-state index contributed by atoms with van der Waals surface area (Å²) in [6, 6.07) is -1.27. The molecule has 0 fully saturated rings. The summed E-state index contributed by atoms with van der Waals surface area (Å²) in [6.45, 7) is 40.4. The summed E-state index contributed by atoms with van der Waals surface area (Å²) in [4.78, 5) is 104. The molecule has 4 aliphatic rings. The zero-order valence-corrected chi connectivity index (χ0v) is 94.3. The summed E-state index contributed by atoms with van der Waals surface area (Å²) >= 11 is 0. The second-order valence-electron chi connectivity index (χ2n) is 44.3. The first-order chi connectivity index (χ1) is 70.1. The number of hydrogen-bond acceptors (Lipinski definition) is 19. The Morgan fingerprint density at radius 1 is 0.214 bits per heavy atom. The minimum atomic E-state index is -0.636. The van der Waals surface area contributed by atoms with Crippen LogP contribution in [0.15, 0.2) is 44.6 Å². The summed E-state index contributed by atoms with van der Waals surface area (Å²) in [5.74, 6) is -0.563. The second-order valence-corrected chi connectivity index (χ2v) is 44.3. The minimum Gasteiger partial charge on any atom is -0.379 e. The third-order valence-corrected chi connectivity index (χ3v) is 29.9. The molecule has 0 radical (unpaired) electrons. The fraction of sp³-hybridized carbons (Fsp3) is 0.864. The lowest BCUT2D eigenvalue weighted by molar-refractivity contribution is -0.129. The smallest absolute Gasteiger partial charge is 0.242 e. The van der Waals surface area contributed by atoms with Crippen LogP contribution >= 0.6 is 0 Å². The fourth-order valence-corrected chi connectivity index (χ4v) is 21.1. The van der Waals surface area contributed by atoms with Crippen LogP contribution in [0.3, 0.4) is 0 Å². The predicted molar refractivity (Wildman–Crippen MR) is 585 cm³/mol. The lowest BCUT2D eigenvalue weighted by Gasteiger charge is -2.34. The highest BCUT2D eigenvalue weighted by Gasteiger charge is 2.33. The molecule has 0 saturated heterocycles. The minimum absolute atomic E-state index is 0.0863. The highest BCUT2D eigenvalue weighted by molar-refractivity contribution is 5.88.